The van der Waals surface area contributed by atoms with Crippen LogP contribution >= 0.6 is 0 Å². The standard InChI is InChI=1S/C22H36O3/c1-5-7-8-9-10-11-20(25-22(3,4)24)17-14-18-12-15-19(16-13-18)21(23)6-2/h6,12-13,15-16,20-21,23-24H,2,5,7-11,14,17H2,1,3-4H3. The summed E-state index contributed by atoms with van der Waals surface area (Å²) in [5.41, 5.74) is 2.08. The maximum atomic E-state index is 9.99. The quantitative estimate of drug-likeness (QED) is 0.288. The molecule has 1 aromatic rings. The fourth-order valence-electron chi connectivity index (χ4n) is 2.99. The predicted molar refractivity (Wildman–Crippen MR) is 104 cm³/mol. The molecule has 0 aliphatic heterocycles. The number of benzene rings is 1. The second-order valence-electron chi connectivity index (χ2n) is 7.35. The number of aryl methyl sites for hydroxylation is 1. The van der Waals surface area contributed by atoms with E-state index in [-0.39, 0.29) is 6.10 Å². The summed E-state index contributed by atoms with van der Waals surface area (Å²) in [5.74, 6) is -1.09. The Morgan fingerprint density at radius 2 is 1.72 bits per heavy atom. The first-order chi connectivity index (χ1) is 11.9. The summed E-state index contributed by atoms with van der Waals surface area (Å²) in [6, 6.07) is 7.98. The Morgan fingerprint density at radius 3 is 2.28 bits per heavy atom. The Balaban J connectivity index is 2.51. The number of aliphatic hydroxyl groups excluding tert-OH is 1. The molecule has 0 heterocycles. The van der Waals surface area contributed by atoms with Crippen molar-refractivity contribution in [3.8, 4) is 0 Å². The van der Waals surface area contributed by atoms with Gasteiger partial charge in [0.25, 0.3) is 0 Å². The molecule has 0 aliphatic carbocycles. The highest BCUT2D eigenvalue weighted by atomic mass is 16.6. The van der Waals surface area contributed by atoms with Crippen molar-refractivity contribution in [3.63, 3.8) is 0 Å². The predicted octanol–water partition coefficient (Wildman–Crippen LogP) is 5.31. The monoisotopic (exact) mass is 348 g/mol. The summed E-state index contributed by atoms with van der Waals surface area (Å²) in [7, 11) is 0. The third-order valence-electron chi connectivity index (χ3n) is 4.38. The van der Waals surface area contributed by atoms with Crippen molar-refractivity contribution < 1.29 is 14.9 Å². The highest BCUT2D eigenvalue weighted by Crippen LogP contribution is 2.21. The van der Waals surface area contributed by atoms with E-state index in [9.17, 15) is 10.2 Å². The molecule has 3 nitrogen and oxygen atoms in total. The van der Waals surface area contributed by atoms with E-state index in [0.29, 0.717) is 0 Å². The molecule has 142 valence electrons. The molecule has 0 saturated carbocycles. The Bertz CT molecular complexity index is 473. The number of unbranched alkanes of at least 4 members (excludes halogenated alkanes) is 4. The van der Waals surface area contributed by atoms with Crippen LogP contribution in [0.25, 0.3) is 0 Å². The van der Waals surface area contributed by atoms with Gasteiger partial charge in [-0.3, -0.25) is 0 Å². The van der Waals surface area contributed by atoms with Crippen LogP contribution in [0.4, 0.5) is 0 Å². The highest BCUT2D eigenvalue weighted by molar-refractivity contribution is 5.26. The molecular formula is C22H36O3. The van der Waals surface area contributed by atoms with Gasteiger partial charge in [0.05, 0.1) is 12.2 Å². The molecule has 2 N–H and O–H groups in total. The van der Waals surface area contributed by atoms with Crippen molar-refractivity contribution >= 4 is 0 Å². The minimum Gasteiger partial charge on any atom is -0.384 e. The molecular weight excluding hydrogens is 312 g/mol. The Hall–Kier alpha value is -1.16. The van der Waals surface area contributed by atoms with Gasteiger partial charge in [0.2, 0.25) is 0 Å². The first-order valence-corrected chi connectivity index (χ1v) is 9.65. The molecule has 0 amide bonds. The number of aliphatic hydroxyl groups is 2. The van der Waals surface area contributed by atoms with Gasteiger partial charge in [-0.2, -0.15) is 0 Å². The summed E-state index contributed by atoms with van der Waals surface area (Å²) in [6.07, 6.45) is 9.96. The van der Waals surface area contributed by atoms with Crippen molar-refractivity contribution in [1.82, 2.24) is 0 Å². The van der Waals surface area contributed by atoms with Crippen LogP contribution in [0.15, 0.2) is 36.9 Å². The normalized spacial score (nSPS) is 14.3. The lowest BCUT2D eigenvalue weighted by atomic mass is 10.00. The molecule has 0 spiro atoms. The lowest BCUT2D eigenvalue weighted by molar-refractivity contribution is -0.208. The maximum Gasteiger partial charge on any atom is 0.160 e. The van der Waals surface area contributed by atoms with Crippen LogP contribution in [-0.2, 0) is 11.2 Å². The van der Waals surface area contributed by atoms with Gasteiger partial charge in [-0.05, 0) is 44.2 Å². The van der Waals surface area contributed by atoms with Crippen LogP contribution in [-0.4, -0.2) is 22.1 Å². The molecule has 0 fully saturated rings. The van der Waals surface area contributed by atoms with Gasteiger partial charge >= 0.3 is 0 Å². The van der Waals surface area contributed by atoms with E-state index in [1.54, 1.807) is 13.8 Å². The second kappa shape index (κ2) is 11.5. The highest BCUT2D eigenvalue weighted by Gasteiger charge is 2.20. The molecule has 1 aromatic carbocycles. The number of ether oxygens (including phenoxy) is 1. The third-order valence-corrected chi connectivity index (χ3v) is 4.38. The SMILES string of the molecule is C=CC(O)c1ccc(CCC(CCCCCCC)OC(C)(C)O)cc1. The van der Waals surface area contributed by atoms with E-state index in [2.05, 4.69) is 13.5 Å². The lowest BCUT2D eigenvalue weighted by Crippen LogP contribution is -2.30. The minimum absolute atomic E-state index is 0.0695. The van der Waals surface area contributed by atoms with Crippen LogP contribution in [0, 0.1) is 0 Å². The van der Waals surface area contributed by atoms with Gasteiger partial charge in [-0.1, -0.05) is 69.4 Å². The maximum absolute atomic E-state index is 9.99. The first kappa shape index (κ1) is 21.9. The zero-order chi connectivity index (χ0) is 18.7. The van der Waals surface area contributed by atoms with Crippen LogP contribution < -0.4 is 0 Å². The van der Waals surface area contributed by atoms with E-state index in [1.165, 1.54) is 37.3 Å². The number of rotatable bonds is 13. The molecule has 3 heteroatoms. The van der Waals surface area contributed by atoms with Gasteiger partial charge < -0.3 is 14.9 Å². The Labute approximate surface area is 153 Å². The zero-order valence-electron chi connectivity index (χ0n) is 16.2. The summed E-state index contributed by atoms with van der Waals surface area (Å²) in [6.45, 7) is 9.23. The zero-order valence-corrected chi connectivity index (χ0v) is 16.2. The average Bonchev–Trinajstić information content (AvgIpc) is 2.57. The molecule has 0 saturated heterocycles. The van der Waals surface area contributed by atoms with Crippen LogP contribution in [0.2, 0.25) is 0 Å². The molecule has 25 heavy (non-hydrogen) atoms. The number of hydrogen-bond acceptors (Lipinski definition) is 3. The summed E-state index contributed by atoms with van der Waals surface area (Å²) >= 11 is 0. The smallest absolute Gasteiger partial charge is 0.160 e. The van der Waals surface area contributed by atoms with E-state index < -0.39 is 11.9 Å². The van der Waals surface area contributed by atoms with Crippen molar-refractivity contribution in [2.45, 2.75) is 90.1 Å². The van der Waals surface area contributed by atoms with Crippen LogP contribution in [0.1, 0.15) is 82.9 Å². The Morgan fingerprint density at radius 1 is 1.08 bits per heavy atom. The van der Waals surface area contributed by atoms with E-state index in [0.717, 1.165) is 31.2 Å². The molecule has 0 bridgehead atoms. The average molecular weight is 349 g/mol. The molecule has 0 aliphatic rings. The van der Waals surface area contributed by atoms with E-state index in [1.807, 2.05) is 24.3 Å². The summed E-state index contributed by atoms with van der Waals surface area (Å²) < 4.78 is 5.85. The third kappa shape index (κ3) is 9.78. The molecule has 0 aromatic heterocycles. The Kier molecular flexibility index (Phi) is 10.0. The van der Waals surface area contributed by atoms with Crippen molar-refractivity contribution in [1.29, 1.82) is 0 Å². The van der Waals surface area contributed by atoms with Gasteiger partial charge in [0, 0.05) is 0 Å². The van der Waals surface area contributed by atoms with Gasteiger partial charge in [0.15, 0.2) is 5.79 Å². The minimum atomic E-state index is -1.09. The van der Waals surface area contributed by atoms with Gasteiger partial charge in [0.1, 0.15) is 0 Å². The lowest BCUT2D eigenvalue weighted by Gasteiger charge is -2.26. The molecule has 2 unspecified atom stereocenters. The molecule has 0 radical (unpaired) electrons. The second-order valence-corrected chi connectivity index (χ2v) is 7.35. The van der Waals surface area contributed by atoms with Gasteiger partial charge in [-0.25, -0.2) is 0 Å². The van der Waals surface area contributed by atoms with E-state index in [4.69, 9.17) is 4.74 Å². The molecule has 2 atom stereocenters. The topological polar surface area (TPSA) is 49.7 Å². The summed E-state index contributed by atoms with van der Waals surface area (Å²) in [5, 5.41) is 19.7. The van der Waals surface area contributed by atoms with Crippen molar-refractivity contribution in [3.05, 3.63) is 48.0 Å². The van der Waals surface area contributed by atoms with Crippen molar-refractivity contribution in [2.24, 2.45) is 0 Å². The summed E-state index contributed by atoms with van der Waals surface area (Å²) in [4.78, 5) is 0. The van der Waals surface area contributed by atoms with Crippen LogP contribution in [0.5, 0.6) is 0 Å². The largest absolute Gasteiger partial charge is 0.384 e. The van der Waals surface area contributed by atoms with E-state index >= 15 is 0 Å². The first-order valence-electron chi connectivity index (χ1n) is 9.65. The van der Waals surface area contributed by atoms with Crippen LogP contribution in [0.3, 0.4) is 0 Å². The fraction of sp³-hybridized carbons (Fsp3) is 0.636. The molecule has 1 rings (SSSR count). The van der Waals surface area contributed by atoms with Crippen molar-refractivity contribution in [2.75, 3.05) is 0 Å². The number of hydrogen-bond donors (Lipinski definition) is 2. The fourth-order valence-corrected chi connectivity index (χ4v) is 2.99. The van der Waals surface area contributed by atoms with Gasteiger partial charge in [-0.15, -0.1) is 6.58 Å².